The highest BCUT2D eigenvalue weighted by atomic mass is 16.5. The van der Waals surface area contributed by atoms with Gasteiger partial charge in [-0.2, -0.15) is 0 Å². The topological polar surface area (TPSA) is 80.7 Å². The van der Waals surface area contributed by atoms with Crippen molar-refractivity contribution in [1.29, 1.82) is 0 Å². The number of nitrogens with zero attached hydrogens (tertiary/aromatic N) is 1. The number of ether oxygens (including phenoxy) is 2. The van der Waals surface area contributed by atoms with Crippen molar-refractivity contribution in [2.24, 2.45) is 0 Å². The van der Waals surface area contributed by atoms with Gasteiger partial charge in [0, 0.05) is 18.0 Å². The molecule has 1 aromatic heterocycles. The second-order valence-corrected chi connectivity index (χ2v) is 5.06. The molecule has 6 nitrogen and oxygen atoms in total. The van der Waals surface area contributed by atoms with E-state index in [1.54, 1.807) is 21.1 Å². The number of hydrogen-bond donors (Lipinski definition) is 2. The van der Waals surface area contributed by atoms with Gasteiger partial charge in [-0.05, 0) is 31.7 Å². The van der Waals surface area contributed by atoms with Crippen molar-refractivity contribution in [2.75, 3.05) is 14.2 Å². The maximum absolute atomic E-state index is 10.6. The Morgan fingerprint density at radius 1 is 1.50 bits per heavy atom. The van der Waals surface area contributed by atoms with Crippen molar-refractivity contribution in [3.8, 4) is 11.6 Å². The van der Waals surface area contributed by atoms with Gasteiger partial charge >= 0.3 is 6.09 Å². The summed E-state index contributed by atoms with van der Waals surface area (Å²) in [5.41, 5.74) is 1.78. The average Bonchev–Trinajstić information content (AvgIpc) is 3.21. The lowest BCUT2D eigenvalue weighted by atomic mass is 10.1. The molecule has 1 saturated carbocycles. The molecule has 20 heavy (non-hydrogen) atoms. The standard InChI is InChI=1S/C14H20N2O4/c1-8(15-14(17)18)6-11-12(19-2)7-10(9-4-5-9)13(16-11)20-3/h7-9,15H,4-6H2,1-3H3,(H,17,18). The van der Waals surface area contributed by atoms with Crippen LogP contribution in [0.3, 0.4) is 0 Å². The number of amides is 1. The summed E-state index contributed by atoms with van der Waals surface area (Å²) in [6, 6.07) is 1.72. The molecule has 110 valence electrons. The molecule has 0 aromatic carbocycles. The third-order valence-corrected chi connectivity index (χ3v) is 3.35. The van der Waals surface area contributed by atoms with Gasteiger partial charge in [-0.25, -0.2) is 9.78 Å². The molecule has 1 aliphatic carbocycles. The number of rotatable bonds is 6. The highest BCUT2D eigenvalue weighted by Crippen LogP contribution is 2.45. The second kappa shape index (κ2) is 5.98. The third kappa shape index (κ3) is 3.31. The van der Waals surface area contributed by atoms with Crippen LogP contribution in [0.25, 0.3) is 0 Å². The van der Waals surface area contributed by atoms with Crippen molar-refractivity contribution >= 4 is 6.09 Å². The van der Waals surface area contributed by atoms with Crippen LogP contribution in [0.15, 0.2) is 6.07 Å². The molecule has 1 atom stereocenters. The number of aromatic nitrogens is 1. The Balaban J connectivity index is 2.24. The van der Waals surface area contributed by atoms with E-state index in [1.807, 2.05) is 6.07 Å². The van der Waals surface area contributed by atoms with Crippen LogP contribution in [-0.2, 0) is 6.42 Å². The average molecular weight is 280 g/mol. The number of hydrogen-bond acceptors (Lipinski definition) is 4. The summed E-state index contributed by atoms with van der Waals surface area (Å²) in [6.45, 7) is 1.79. The predicted molar refractivity (Wildman–Crippen MR) is 73.6 cm³/mol. The predicted octanol–water partition coefficient (Wildman–Crippen LogP) is 2.17. The number of carboxylic acid groups (broad SMARTS) is 1. The zero-order valence-corrected chi connectivity index (χ0v) is 12.0. The Morgan fingerprint density at radius 2 is 2.20 bits per heavy atom. The van der Waals surface area contributed by atoms with Crippen molar-refractivity contribution in [1.82, 2.24) is 10.3 Å². The minimum Gasteiger partial charge on any atom is -0.495 e. The molecular weight excluding hydrogens is 260 g/mol. The first-order chi connectivity index (χ1) is 9.55. The molecule has 2 N–H and O–H groups in total. The van der Waals surface area contributed by atoms with Gasteiger partial charge in [0.2, 0.25) is 5.88 Å². The molecule has 6 heteroatoms. The van der Waals surface area contributed by atoms with Crippen LogP contribution >= 0.6 is 0 Å². The van der Waals surface area contributed by atoms with Crippen LogP contribution in [0.1, 0.15) is 36.9 Å². The SMILES string of the molecule is COc1cc(C2CC2)c(OC)nc1CC(C)NC(=O)O. The Morgan fingerprint density at radius 3 is 2.70 bits per heavy atom. The van der Waals surface area contributed by atoms with Gasteiger partial charge in [-0.3, -0.25) is 0 Å². The summed E-state index contributed by atoms with van der Waals surface area (Å²) in [4.78, 5) is 15.1. The zero-order valence-electron chi connectivity index (χ0n) is 12.0. The lowest BCUT2D eigenvalue weighted by Crippen LogP contribution is -2.33. The molecule has 1 fully saturated rings. The molecule has 0 bridgehead atoms. The molecule has 1 unspecified atom stereocenters. The highest BCUT2D eigenvalue weighted by molar-refractivity contribution is 5.64. The number of methoxy groups -OCH3 is 2. The van der Waals surface area contributed by atoms with E-state index in [0.29, 0.717) is 29.7 Å². The summed E-state index contributed by atoms with van der Waals surface area (Å²) in [7, 11) is 3.20. The lowest BCUT2D eigenvalue weighted by Gasteiger charge is -2.16. The number of pyridine rings is 1. The summed E-state index contributed by atoms with van der Waals surface area (Å²) in [6.07, 6.45) is 1.71. The van der Waals surface area contributed by atoms with Crippen LogP contribution in [0.4, 0.5) is 4.79 Å². The highest BCUT2D eigenvalue weighted by Gasteiger charge is 2.29. The Hall–Kier alpha value is -1.98. The van der Waals surface area contributed by atoms with Gasteiger partial charge in [-0.1, -0.05) is 0 Å². The van der Waals surface area contributed by atoms with E-state index >= 15 is 0 Å². The first kappa shape index (κ1) is 14.4. The molecular formula is C14H20N2O4. The minimum absolute atomic E-state index is 0.245. The van der Waals surface area contributed by atoms with E-state index in [4.69, 9.17) is 14.6 Å². The molecule has 1 aromatic rings. The molecule has 2 rings (SSSR count). The van der Waals surface area contributed by atoms with Crippen LogP contribution < -0.4 is 14.8 Å². The van der Waals surface area contributed by atoms with E-state index in [0.717, 1.165) is 18.4 Å². The van der Waals surface area contributed by atoms with Crippen LogP contribution in [0.2, 0.25) is 0 Å². The van der Waals surface area contributed by atoms with Crippen LogP contribution in [0.5, 0.6) is 11.6 Å². The van der Waals surface area contributed by atoms with E-state index in [9.17, 15) is 4.79 Å². The first-order valence-corrected chi connectivity index (χ1v) is 6.66. The van der Waals surface area contributed by atoms with Gasteiger partial charge < -0.3 is 19.9 Å². The van der Waals surface area contributed by atoms with E-state index in [-0.39, 0.29) is 6.04 Å². The number of carbonyl (C=O) groups is 1. The summed E-state index contributed by atoms with van der Waals surface area (Å²) in [5, 5.41) is 11.1. The van der Waals surface area contributed by atoms with Crippen molar-refractivity contribution < 1.29 is 19.4 Å². The summed E-state index contributed by atoms with van der Waals surface area (Å²) >= 11 is 0. The molecule has 0 radical (unpaired) electrons. The summed E-state index contributed by atoms with van der Waals surface area (Å²) < 4.78 is 10.7. The number of nitrogens with one attached hydrogen (secondary N) is 1. The summed E-state index contributed by atoms with van der Waals surface area (Å²) in [5.74, 6) is 1.81. The quantitative estimate of drug-likeness (QED) is 0.834. The second-order valence-electron chi connectivity index (χ2n) is 5.06. The van der Waals surface area contributed by atoms with Crippen molar-refractivity contribution in [3.05, 3.63) is 17.3 Å². The molecule has 0 saturated heterocycles. The van der Waals surface area contributed by atoms with Crippen LogP contribution in [-0.4, -0.2) is 36.4 Å². The van der Waals surface area contributed by atoms with E-state index < -0.39 is 6.09 Å². The fourth-order valence-electron chi connectivity index (χ4n) is 2.25. The Bertz CT molecular complexity index is 500. The fraction of sp³-hybridized carbons (Fsp3) is 0.571. The third-order valence-electron chi connectivity index (χ3n) is 3.35. The van der Waals surface area contributed by atoms with Gasteiger partial charge in [-0.15, -0.1) is 0 Å². The molecule has 0 spiro atoms. The first-order valence-electron chi connectivity index (χ1n) is 6.66. The van der Waals surface area contributed by atoms with E-state index in [2.05, 4.69) is 10.3 Å². The largest absolute Gasteiger partial charge is 0.495 e. The van der Waals surface area contributed by atoms with E-state index in [1.165, 1.54) is 0 Å². The van der Waals surface area contributed by atoms with Gasteiger partial charge in [0.1, 0.15) is 5.75 Å². The monoisotopic (exact) mass is 280 g/mol. The normalized spacial score (nSPS) is 15.6. The maximum atomic E-state index is 10.6. The molecule has 1 amide bonds. The molecule has 1 heterocycles. The lowest BCUT2D eigenvalue weighted by molar-refractivity contribution is 0.190. The Kier molecular flexibility index (Phi) is 4.32. The van der Waals surface area contributed by atoms with Gasteiger partial charge in [0.25, 0.3) is 0 Å². The molecule has 1 aliphatic rings. The Labute approximate surface area is 118 Å². The molecule has 0 aliphatic heterocycles. The zero-order chi connectivity index (χ0) is 14.7. The van der Waals surface area contributed by atoms with Crippen molar-refractivity contribution in [3.63, 3.8) is 0 Å². The van der Waals surface area contributed by atoms with Crippen molar-refractivity contribution in [2.45, 2.75) is 38.1 Å². The van der Waals surface area contributed by atoms with Gasteiger partial charge in [0.05, 0.1) is 19.9 Å². The van der Waals surface area contributed by atoms with Gasteiger partial charge in [0.15, 0.2) is 0 Å². The fourth-order valence-corrected chi connectivity index (χ4v) is 2.25. The minimum atomic E-state index is -1.04. The smallest absolute Gasteiger partial charge is 0.404 e. The van der Waals surface area contributed by atoms with Crippen LogP contribution in [0, 0.1) is 0 Å². The maximum Gasteiger partial charge on any atom is 0.404 e.